The number of piperazine rings is 1. The maximum atomic E-state index is 12.0. The van der Waals surface area contributed by atoms with E-state index in [0.29, 0.717) is 19.3 Å². The van der Waals surface area contributed by atoms with Gasteiger partial charge in [-0.05, 0) is 25.0 Å². The highest BCUT2D eigenvalue weighted by molar-refractivity contribution is 5.76. The van der Waals surface area contributed by atoms with Crippen molar-refractivity contribution in [2.75, 3.05) is 26.2 Å². The van der Waals surface area contributed by atoms with E-state index in [2.05, 4.69) is 4.90 Å². The van der Waals surface area contributed by atoms with E-state index in [1.807, 2.05) is 17.0 Å². The number of hydrogen-bond acceptors (Lipinski definition) is 4. The van der Waals surface area contributed by atoms with E-state index < -0.39 is 5.97 Å². The average molecular weight is 294 g/mol. The Morgan fingerprint density at radius 3 is 2.48 bits per heavy atom. The van der Waals surface area contributed by atoms with Crippen molar-refractivity contribution >= 4 is 11.9 Å². The number of rotatable bonds is 7. The predicted molar refractivity (Wildman–Crippen MR) is 76.7 cm³/mol. The van der Waals surface area contributed by atoms with Gasteiger partial charge >= 0.3 is 5.97 Å². The second kappa shape index (κ2) is 7.83. The summed E-state index contributed by atoms with van der Waals surface area (Å²) in [6.45, 7) is 3.95. The molecule has 1 aromatic heterocycles. The van der Waals surface area contributed by atoms with Gasteiger partial charge in [-0.2, -0.15) is 0 Å². The van der Waals surface area contributed by atoms with E-state index in [9.17, 15) is 9.59 Å². The smallest absolute Gasteiger partial charge is 0.303 e. The molecule has 0 spiro atoms. The number of hydrogen-bond donors (Lipinski definition) is 1. The average Bonchev–Trinajstić information content (AvgIpc) is 2.97. The lowest BCUT2D eigenvalue weighted by Crippen LogP contribution is -2.48. The summed E-state index contributed by atoms with van der Waals surface area (Å²) in [4.78, 5) is 26.6. The second-order valence-electron chi connectivity index (χ2n) is 5.34. The number of furan rings is 1. The fourth-order valence-electron chi connectivity index (χ4n) is 2.49. The zero-order valence-corrected chi connectivity index (χ0v) is 12.2. The molecule has 0 unspecified atom stereocenters. The first kappa shape index (κ1) is 15.6. The summed E-state index contributed by atoms with van der Waals surface area (Å²) in [6.07, 6.45) is 3.49. The molecule has 0 saturated carbocycles. The van der Waals surface area contributed by atoms with E-state index in [-0.39, 0.29) is 12.3 Å². The van der Waals surface area contributed by atoms with Crippen LogP contribution in [-0.4, -0.2) is 53.0 Å². The zero-order valence-electron chi connectivity index (χ0n) is 12.2. The highest BCUT2D eigenvalue weighted by Gasteiger charge is 2.21. The Balaban J connectivity index is 1.63. The van der Waals surface area contributed by atoms with Crippen LogP contribution in [0.15, 0.2) is 22.8 Å². The van der Waals surface area contributed by atoms with Crippen molar-refractivity contribution in [2.24, 2.45) is 0 Å². The van der Waals surface area contributed by atoms with Crippen molar-refractivity contribution < 1.29 is 19.1 Å². The van der Waals surface area contributed by atoms with Crippen LogP contribution in [0, 0.1) is 0 Å². The minimum Gasteiger partial charge on any atom is -0.481 e. The van der Waals surface area contributed by atoms with Gasteiger partial charge in [0.05, 0.1) is 12.8 Å². The third-order valence-electron chi connectivity index (χ3n) is 3.72. The first-order valence-electron chi connectivity index (χ1n) is 7.39. The van der Waals surface area contributed by atoms with Crippen LogP contribution >= 0.6 is 0 Å². The lowest BCUT2D eigenvalue weighted by atomic mass is 10.1. The fraction of sp³-hybridized carbons (Fsp3) is 0.600. The van der Waals surface area contributed by atoms with Gasteiger partial charge in [-0.3, -0.25) is 14.5 Å². The molecule has 0 bridgehead atoms. The third kappa shape index (κ3) is 5.23. The van der Waals surface area contributed by atoms with Gasteiger partial charge in [0.15, 0.2) is 0 Å². The van der Waals surface area contributed by atoms with Crippen molar-refractivity contribution in [3.63, 3.8) is 0 Å². The van der Waals surface area contributed by atoms with Crippen LogP contribution in [0.25, 0.3) is 0 Å². The summed E-state index contributed by atoms with van der Waals surface area (Å²) >= 11 is 0. The molecule has 2 rings (SSSR count). The molecular weight excluding hydrogens is 272 g/mol. The molecule has 116 valence electrons. The maximum Gasteiger partial charge on any atom is 0.303 e. The Labute approximate surface area is 124 Å². The van der Waals surface area contributed by atoms with Gasteiger partial charge in [0.2, 0.25) is 5.91 Å². The molecule has 1 saturated heterocycles. The van der Waals surface area contributed by atoms with Crippen molar-refractivity contribution in [1.29, 1.82) is 0 Å². The van der Waals surface area contributed by atoms with E-state index >= 15 is 0 Å². The number of carbonyl (C=O) groups is 2. The van der Waals surface area contributed by atoms with E-state index in [1.165, 1.54) is 0 Å². The van der Waals surface area contributed by atoms with E-state index in [1.54, 1.807) is 6.26 Å². The highest BCUT2D eigenvalue weighted by atomic mass is 16.4. The van der Waals surface area contributed by atoms with Crippen LogP contribution in [-0.2, 0) is 16.1 Å². The highest BCUT2D eigenvalue weighted by Crippen LogP contribution is 2.11. The van der Waals surface area contributed by atoms with Gasteiger partial charge in [-0.25, -0.2) is 0 Å². The van der Waals surface area contributed by atoms with Crippen molar-refractivity contribution in [2.45, 2.75) is 32.2 Å². The van der Waals surface area contributed by atoms with Gasteiger partial charge < -0.3 is 14.4 Å². The van der Waals surface area contributed by atoms with Crippen molar-refractivity contribution in [3.8, 4) is 0 Å². The number of carboxylic acid groups (broad SMARTS) is 1. The standard InChI is InChI=1S/C15H22N2O4/c18-14(5-1-2-6-15(19)20)17-9-7-16(8-10-17)12-13-4-3-11-21-13/h3-4,11H,1-2,5-10,12H2,(H,19,20). The third-order valence-corrected chi connectivity index (χ3v) is 3.72. The minimum atomic E-state index is -0.797. The Morgan fingerprint density at radius 1 is 1.14 bits per heavy atom. The molecule has 0 aromatic carbocycles. The van der Waals surface area contributed by atoms with Gasteiger partial charge in [-0.1, -0.05) is 0 Å². The maximum absolute atomic E-state index is 12.0. The summed E-state index contributed by atoms with van der Waals surface area (Å²) in [5, 5.41) is 8.55. The second-order valence-corrected chi connectivity index (χ2v) is 5.34. The largest absolute Gasteiger partial charge is 0.481 e. The van der Waals surface area contributed by atoms with Crippen LogP contribution in [0.1, 0.15) is 31.4 Å². The van der Waals surface area contributed by atoms with Crippen LogP contribution in [0.3, 0.4) is 0 Å². The molecule has 0 aliphatic carbocycles. The Kier molecular flexibility index (Phi) is 5.80. The molecule has 21 heavy (non-hydrogen) atoms. The molecule has 0 radical (unpaired) electrons. The topological polar surface area (TPSA) is 74.0 Å². The van der Waals surface area contributed by atoms with Gasteiger partial charge in [0, 0.05) is 39.0 Å². The summed E-state index contributed by atoms with van der Waals surface area (Å²) in [7, 11) is 0. The van der Waals surface area contributed by atoms with Crippen LogP contribution in [0.4, 0.5) is 0 Å². The summed E-state index contributed by atoms with van der Waals surface area (Å²) < 4.78 is 5.33. The summed E-state index contributed by atoms with van der Waals surface area (Å²) in [5.74, 6) is 0.287. The quantitative estimate of drug-likeness (QED) is 0.773. The van der Waals surface area contributed by atoms with Gasteiger partial charge in [0.25, 0.3) is 0 Å². The van der Waals surface area contributed by atoms with Crippen molar-refractivity contribution in [1.82, 2.24) is 9.80 Å². The Bertz CT molecular complexity index is 450. The molecule has 2 heterocycles. The lowest BCUT2D eigenvalue weighted by Gasteiger charge is -2.34. The number of carbonyl (C=O) groups excluding carboxylic acids is 1. The monoisotopic (exact) mass is 294 g/mol. The Morgan fingerprint density at radius 2 is 1.86 bits per heavy atom. The molecule has 1 aliphatic heterocycles. The fourth-order valence-corrected chi connectivity index (χ4v) is 2.49. The van der Waals surface area contributed by atoms with E-state index in [0.717, 1.165) is 38.5 Å². The molecule has 0 atom stereocenters. The van der Waals surface area contributed by atoms with E-state index in [4.69, 9.17) is 9.52 Å². The normalized spacial score (nSPS) is 16.1. The molecule has 6 heteroatoms. The molecular formula is C15H22N2O4. The first-order valence-corrected chi connectivity index (χ1v) is 7.39. The minimum absolute atomic E-state index is 0.137. The number of aliphatic carboxylic acids is 1. The molecule has 6 nitrogen and oxygen atoms in total. The molecule has 1 fully saturated rings. The van der Waals surface area contributed by atoms with Gasteiger partial charge in [0.1, 0.15) is 5.76 Å². The SMILES string of the molecule is O=C(O)CCCCC(=O)N1CCN(Cc2ccco2)CC1. The predicted octanol–water partition coefficient (Wildman–Crippen LogP) is 1.57. The molecule has 1 N–H and O–H groups in total. The van der Waals surface area contributed by atoms with Crippen LogP contribution in [0.2, 0.25) is 0 Å². The zero-order chi connectivity index (χ0) is 15.1. The molecule has 1 amide bonds. The number of unbranched alkanes of at least 4 members (excludes halogenated alkanes) is 1. The number of carboxylic acids is 1. The summed E-state index contributed by atoms with van der Waals surface area (Å²) in [6, 6.07) is 3.84. The number of amides is 1. The summed E-state index contributed by atoms with van der Waals surface area (Å²) in [5.41, 5.74) is 0. The molecule has 1 aliphatic rings. The number of nitrogens with zero attached hydrogens (tertiary/aromatic N) is 2. The molecule has 1 aromatic rings. The van der Waals surface area contributed by atoms with Crippen LogP contribution in [0.5, 0.6) is 0 Å². The van der Waals surface area contributed by atoms with Crippen molar-refractivity contribution in [3.05, 3.63) is 24.2 Å². The van der Waals surface area contributed by atoms with Crippen LogP contribution < -0.4 is 0 Å². The lowest BCUT2D eigenvalue weighted by molar-refractivity contribution is -0.138. The first-order chi connectivity index (χ1) is 10.1. The Hall–Kier alpha value is -1.82. The van der Waals surface area contributed by atoms with Gasteiger partial charge in [-0.15, -0.1) is 0 Å².